The molecule has 2 heterocycles. The number of carbonyl (C=O) groups excluding carboxylic acids is 2. The van der Waals surface area contributed by atoms with Gasteiger partial charge in [-0.15, -0.1) is 0 Å². The number of nitrogens with zero attached hydrogens (tertiary/aromatic N) is 1. The zero-order chi connectivity index (χ0) is 25.3. The Labute approximate surface area is 203 Å². The third-order valence-electron chi connectivity index (χ3n) is 7.48. The second-order valence-corrected chi connectivity index (χ2v) is 9.76. The molecule has 1 aromatic heterocycles. The number of benzene rings is 1. The number of amides is 1. The van der Waals surface area contributed by atoms with Crippen LogP contribution in [0.3, 0.4) is 0 Å². The van der Waals surface area contributed by atoms with E-state index in [2.05, 4.69) is 5.32 Å². The summed E-state index contributed by atoms with van der Waals surface area (Å²) >= 11 is 0. The third kappa shape index (κ3) is 4.75. The van der Waals surface area contributed by atoms with Crippen molar-refractivity contribution in [3.05, 3.63) is 62.6 Å². The molecule has 1 N–H and O–H groups in total. The van der Waals surface area contributed by atoms with Crippen molar-refractivity contribution in [1.29, 1.82) is 0 Å². The topological polar surface area (TPSA) is 77.4 Å². The van der Waals surface area contributed by atoms with Crippen molar-refractivity contribution in [2.75, 3.05) is 7.11 Å². The van der Waals surface area contributed by atoms with Crippen LogP contribution in [0.25, 0.3) is 0 Å². The van der Waals surface area contributed by atoms with Gasteiger partial charge in [-0.2, -0.15) is 0 Å². The van der Waals surface area contributed by atoms with Gasteiger partial charge in [0.15, 0.2) is 11.5 Å². The quantitative estimate of drug-likeness (QED) is 0.445. The molecule has 1 saturated carbocycles. The maximum atomic E-state index is 14.1. The van der Waals surface area contributed by atoms with E-state index in [0.29, 0.717) is 11.6 Å². The van der Waals surface area contributed by atoms with Crippen molar-refractivity contribution in [3.63, 3.8) is 0 Å². The number of hydrogen-bond acceptors (Lipinski definition) is 4. The normalized spacial score (nSPS) is 20.3. The van der Waals surface area contributed by atoms with Gasteiger partial charge >= 0.3 is 0 Å². The highest BCUT2D eigenvalue weighted by Gasteiger charge is 2.41. The lowest BCUT2D eigenvalue weighted by atomic mass is 9.81. The number of carbonyl (C=O) groups is 2. The number of hydrogen-bond donors (Lipinski definition) is 1. The van der Waals surface area contributed by atoms with E-state index in [-0.39, 0.29) is 46.9 Å². The molecule has 0 radical (unpaired) electrons. The van der Waals surface area contributed by atoms with E-state index in [0.717, 1.165) is 44.2 Å². The zero-order valence-electron chi connectivity index (χ0n) is 20.5. The van der Waals surface area contributed by atoms with Gasteiger partial charge in [-0.05, 0) is 38.2 Å². The Morgan fingerprint density at radius 1 is 1.14 bits per heavy atom. The Balaban J connectivity index is 1.82. The number of pyridine rings is 1. The Morgan fingerprint density at radius 2 is 1.83 bits per heavy atom. The molecule has 1 unspecified atom stereocenters. The Kier molecular flexibility index (Phi) is 7.38. The van der Waals surface area contributed by atoms with E-state index in [9.17, 15) is 23.2 Å². The molecular weight excluding hydrogens is 454 g/mol. The van der Waals surface area contributed by atoms with Crippen LogP contribution in [0.4, 0.5) is 8.78 Å². The lowest BCUT2D eigenvalue weighted by Crippen LogP contribution is -2.34. The van der Waals surface area contributed by atoms with Crippen molar-refractivity contribution in [3.8, 4) is 5.75 Å². The van der Waals surface area contributed by atoms with Crippen LogP contribution >= 0.6 is 0 Å². The summed E-state index contributed by atoms with van der Waals surface area (Å²) in [5.74, 6) is -2.31. The third-order valence-corrected chi connectivity index (χ3v) is 7.48. The molecule has 188 valence electrons. The Bertz CT molecular complexity index is 1200. The van der Waals surface area contributed by atoms with E-state index in [1.54, 1.807) is 0 Å². The van der Waals surface area contributed by atoms with Crippen LogP contribution in [-0.2, 0) is 6.54 Å². The van der Waals surface area contributed by atoms with E-state index < -0.39 is 23.0 Å². The highest BCUT2D eigenvalue weighted by molar-refractivity contribution is 6.00. The average Bonchev–Trinajstić information content (AvgIpc) is 2.98. The molecule has 8 heteroatoms. The van der Waals surface area contributed by atoms with Gasteiger partial charge < -0.3 is 14.6 Å². The summed E-state index contributed by atoms with van der Waals surface area (Å²) in [5.41, 5.74) is 0.203. The fourth-order valence-electron chi connectivity index (χ4n) is 5.89. The number of halogens is 2. The van der Waals surface area contributed by atoms with Crippen LogP contribution in [0.15, 0.2) is 23.0 Å². The first kappa shape index (κ1) is 25.1. The predicted molar refractivity (Wildman–Crippen MR) is 128 cm³/mol. The summed E-state index contributed by atoms with van der Waals surface area (Å²) in [7, 11) is 1.31. The van der Waals surface area contributed by atoms with Crippen LogP contribution in [-0.4, -0.2) is 23.4 Å². The van der Waals surface area contributed by atoms with Crippen molar-refractivity contribution < 1.29 is 23.1 Å². The lowest BCUT2D eigenvalue weighted by molar-refractivity contribution is 0.0941. The highest BCUT2D eigenvalue weighted by atomic mass is 19.1. The van der Waals surface area contributed by atoms with Gasteiger partial charge in [-0.25, -0.2) is 8.78 Å². The first-order valence-electron chi connectivity index (χ1n) is 12.3. The number of rotatable bonds is 6. The number of aromatic nitrogens is 1. The molecule has 35 heavy (non-hydrogen) atoms. The first-order valence-corrected chi connectivity index (χ1v) is 12.3. The van der Waals surface area contributed by atoms with Crippen molar-refractivity contribution in [1.82, 2.24) is 9.88 Å². The Hall–Kier alpha value is -3.03. The van der Waals surface area contributed by atoms with Gasteiger partial charge in [-0.3, -0.25) is 14.4 Å². The fourth-order valence-corrected chi connectivity index (χ4v) is 5.89. The number of ether oxygens (including phenoxy) is 1. The molecule has 4 rings (SSSR count). The standard InChI is InChI=1S/C27H32F2N2O4/c1-15-12-20(17-8-6-4-5-7-9-17)24-22(25(33)26(35-3)23(16(2)32)31(15)24)27(34)30-14-18-10-11-19(28)13-21(18)29/h10-11,13,15,17,20H,4-9,12,14H2,1-3H3,(H,30,34)/t15-,20?/m0/s1. The van der Waals surface area contributed by atoms with Gasteiger partial charge in [0.1, 0.15) is 22.9 Å². The Morgan fingerprint density at radius 3 is 2.43 bits per heavy atom. The van der Waals surface area contributed by atoms with Crippen LogP contribution in [0.2, 0.25) is 0 Å². The molecular formula is C27H32F2N2O4. The molecule has 1 amide bonds. The first-order chi connectivity index (χ1) is 16.7. The molecule has 0 saturated heterocycles. The van der Waals surface area contributed by atoms with E-state index in [1.807, 2.05) is 11.5 Å². The van der Waals surface area contributed by atoms with Crippen LogP contribution in [0, 0.1) is 17.6 Å². The van der Waals surface area contributed by atoms with Gasteiger partial charge in [-0.1, -0.05) is 31.7 Å². The molecule has 0 bridgehead atoms. The van der Waals surface area contributed by atoms with E-state index >= 15 is 0 Å². The molecule has 1 aliphatic heterocycles. The average molecular weight is 487 g/mol. The summed E-state index contributed by atoms with van der Waals surface area (Å²) < 4.78 is 34.6. The highest BCUT2D eigenvalue weighted by Crippen LogP contribution is 2.47. The van der Waals surface area contributed by atoms with Gasteiger partial charge in [0.05, 0.1) is 7.11 Å². The monoisotopic (exact) mass is 486 g/mol. The van der Waals surface area contributed by atoms with E-state index in [4.69, 9.17) is 4.74 Å². The van der Waals surface area contributed by atoms with Gasteiger partial charge in [0, 0.05) is 42.8 Å². The van der Waals surface area contributed by atoms with E-state index in [1.165, 1.54) is 32.9 Å². The molecule has 2 aromatic rings. The number of ketones is 1. The molecule has 2 aliphatic rings. The number of Topliss-reactive ketones (excluding diaryl/α,β-unsaturated/α-hetero) is 1. The van der Waals surface area contributed by atoms with Gasteiger partial charge in [0.25, 0.3) is 5.91 Å². The predicted octanol–water partition coefficient (Wildman–Crippen LogP) is 5.29. The molecule has 1 aromatic carbocycles. The molecule has 1 fully saturated rings. The van der Waals surface area contributed by atoms with Crippen molar-refractivity contribution in [2.24, 2.45) is 5.92 Å². The smallest absolute Gasteiger partial charge is 0.257 e. The summed E-state index contributed by atoms with van der Waals surface area (Å²) in [4.78, 5) is 39.7. The maximum absolute atomic E-state index is 14.1. The summed E-state index contributed by atoms with van der Waals surface area (Å²) in [6.07, 6.45) is 7.28. The second-order valence-electron chi connectivity index (χ2n) is 9.76. The van der Waals surface area contributed by atoms with Crippen LogP contribution in [0.5, 0.6) is 5.75 Å². The molecule has 1 aliphatic carbocycles. The zero-order valence-corrected chi connectivity index (χ0v) is 20.5. The summed E-state index contributed by atoms with van der Waals surface area (Å²) in [6.45, 7) is 3.18. The summed E-state index contributed by atoms with van der Waals surface area (Å²) in [6, 6.07) is 3.04. The maximum Gasteiger partial charge on any atom is 0.257 e. The minimum atomic E-state index is -0.776. The second kappa shape index (κ2) is 10.3. The molecule has 0 spiro atoms. The fraction of sp³-hybridized carbons (Fsp3) is 0.519. The van der Waals surface area contributed by atoms with Crippen molar-refractivity contribution in [2.45, 2.75) is 77.3 Å². The SMILES string of the molecule is COc1c(C(C)=O)n2c(c(C(=O)NCc3ccc(F)cc3F)c1=O)C(C1CCCCCC1)C[C@@H]2C. The van der Waals surface area contributed by atoms with Gasteiger partial charge in [0.2, 0.25) is 5.43 Å². The van der Waals surface area contributed by atoms with Crippen LogP contribution in [0.1, 0.15) is 103 Å². The van der Waals surface area contributed by atoms with Crippen molar-refractivity contribution >= 4 is 11.7 Å². The number of methoxy groups -OCH3 is 1. The molecule has 6 nitrogen and oxygen atoms in total. The number of fused-ring (bicyclic) bond motifs is 1. The minimum Gasteiger partial charge on any atom is -0.491 e. The van der Waals surface area contributed by atoms with Crippen LogP contribution < -0.4 is 15.5 Å². The molecule has 2 atom stereocenters. The lowest BCUT2D eigenvalue weighted by Gasteiger charge is -2.25. The largest absolute Gasteiger partial charge is 0.491 e. The number of nitrogens with one attached hydrogen (secondary N) is 1. The minimum absolute atomic E-state index is 0.0388. The summed E-state index contributed by atoms with van der Waals surface area (Å²) in [5, 5.41) is 2.64.